The summed E-state index contributed by atoms with van der Waals surface area (Å²) < 4.78 is 5.64. The van der Waals surface area contributed by atoms with Crippen LogP contribution in [0.2, 0.25) is 0 Å². The summed E-state index contributed by atoms with van der Waals surface area (Å²) in [5.74, 6) is 1.33. The van der Waals surface area contributed by atoms with E-state index in [9.17, 15) is 9.90 Å². The van der Waals surface area contributed by atoms with Gasteiger partial charge in [-0.25, -0.2) is 9.97 Å². The zero-order chi connectivity index (χ0) is 19.1. The van der Waals surface area contributed by atoms with Gasteiger partial charge in [-0.3, -0.25) is 4.79 Å². The number of hydrogen-bond donors (Lipinski definition) is 2. The summed E-state index contributed by atoms with van der Waals surface area (Å²) in [5, 5.41) is 12.3. The predicted octanol–water partition coefficient (Wildman–Crippen LogP) is 3.96. The topological polar surface area (TPSA) is 84.3 Å². The fourth-order valence-electron chi connectivity index (χ4n) is 2.54. The normalized spacial score (nSPS) is 10.4. The van der Waals surface area contributed by atoms with Crippen molar-refractivity contribution in [1.82, 2.24) is 9.97 Å². The molecule has 2 N–H and O–H groups in total. The Hall–Kier alpha value is -3.41. The second-order valence-corrected chi connectivity index (χ2v) is 6.16. The fraction of sp³-hybridized carbons (Fsp3) is 0.190. The molecule has 0 saturated carbocycles. The second-order valence-electron chi connectivity index (χ2n) is 6.16. The van der Waals surface area contributed by atoms with Crippen LogP contribution in [0.3, 0.4) is 0 Å². The molecule has 0 aliphatic carbocycles. The van der Waals surface area contributed by atoms with Gasteiger partial charge in [0.1, 0.15) is 11.5 Å². The maximum absolute atomic E-state index is 12.0. The molecular weight excluding hydrogens is 342 g/mol. The number of aromatic nitrogens is 2. The number of ether oxygens (including phenoxy) is 1. The molecule has 3 aromatic rings. The fourth-order valence-corrected chi connectivity index (χ4v) is 2.54. The molecule has 0 atom stereocenters. The van der Waals surface area contributed by atoms with Crippen LogP contribution in [0.1, 0.15) is 18.4 Å². The Morgan fingerprint density at radius 3 is 2.63 bits per heavy atom. The molecule has 0 bridgehead atoms. The minimum Gasteiger partial charge on any atom is -0.508 e. The molecule has 1 heterocycles. The SMILES string of the molecule is Cc1cccc(OCCCC(=O)Nc2cnc(-c3cccc(O)c3)nc2)c1. The Balaban J connectivity index is 1.45. The van der Waals surface area contributed by atoms with E-state index in [1.807, 2.05) is 37.3 Å². The van der Waals surface area contributed by atoms with E-state index in [4.69, 9.17) is 4.74 Å². The molecule has 1 amide bonds. The number of anilines is 1. The van der Waals surface area contributed by atoms with Crippen molar-refractivity contribution in [2.24, 2.45) is 0 Å². The van der Waals surface area contributed by atoms with Crippen LogP contribution in [0.25, 0.3) is 11.4 Å². The van der Waals surface area contributed by atoms with Gasteiger partial charge < -0.3 is 15.2 Å². The molecule has 6 nitrogen and oxygen atoms in total. The molecule has 6 heteroatoms. The number of rotatable bonds is 7. The highest BCUT2D eigenvalue weighted by Gasteiger charge is 2.06. The van der Waals surface area contributed by atoms with Crippen LogP contribution in [0.4, 0.5) is 5.69 Å². The molecule has 0 saturated heterocycles. The summed E-state index contributed by atoms with van der Waals surface area (Å²) >= 11 is 0. The first-order valence-corrected chi connectivity index (χ1v) is 8.71. The lowest BCUT2D eigenvalue weighted by Gasteiger charge is -2.08. The van der Waals surface area contributed by atoms with Gasteiger partial charge in [-0.2, -0.15) is 0 Å². The Morgan fingerprint density at radius 2 is 1.89 bits per heavy atom. The van der Waals surface area contributed by atoms with E-state index >= 15 is 0 Å². The number of phenolic OH excluding ortho intramolecular Hbond substituents is 1. The summed E-state index contributed by atoms with van der Waals surface area (Å²) in [4.78, 5) is 20.5. The first kappa shape index (κ1) is 18.4. The average Bonchev–Trinajstić information content (AvgIpc) is 2.66. The molecule has 0 fully saturated rings. The zero-order valence-electron chi connectivity index (χ0n) is 15.1. The van der Waals surface area contributed by atoms with Gasteiger partial charge in [0.15, 0.2) is 5.82 Å². The molecule has 0 radical (unpaired) electrons. The highest BCUT2D eigenvalue weighted by Crippen LogP contribution is 2.20. The van der Waals surface area contributed by atoms with Gasteiger partial charge in [-0.1, -0.05) is 24.3 Å². The molecule has 27 heavy (non-hydrogen) atoms. The Labute approximate surface area is 157 Å². The lowest BCUT2D eigenvalue weighted by atomic mass is 10.2. The van der Waals surface area contributed by atoms with Crippen LogP contribution in [0, 0.1) is 6.92 Å². The van der Waals surface area contributed by atoms with Crippen molar-refractivity contribution in [1.29, 1.82) is 0 Å². The lowest BCUT2D eigenvalue weighted by Crippen LogP contribution is -2.13. The quantitative estimate of drug-likeness (QED) is 0.621. The van der Waals surface area contributed by atoms with Crippen molar-refractivity contribution < 1.29 is 14.6 Å². The van der Waals surface area contributed by atoms with Gasteiger partial charge in [-0.15, -0.1) is 0 Å². The van der Waals surface area contributed by atoms with E-state index in [1.54, 1.807) is 30.6 Å². The number of hydrogen-bond acceptors (Lipinski definition) is 5. The molecule has 2 aromatic carbocycles. The standard InChI is InChI=1S/C21H21N3O3/c1-15-5-2-8-19(11-15)27-10-4-9-20(26)24-17-13-22-21(23-14-17)16-6-3-7-18(25)12-16/h2-3,5-8,11-14,25H,4,9-10H2,1H3,(H,24,26). The van der Waals surface area contributed by atoms with Gasteiger partial charge in [0.25, 0.3) is 0 Å². The number of amides is 1. The van der Waals surface area contributed by atoms with Gasteiger partial charge >= 0.3 is 0 Å². The number of nitrogens with one attached hydrogen (secondary N) is 1. The highest BCUT2D eigenvalue weighted by atomic mass is 16.5. The van der Waals surface area contributed by atoms with Gasteiger partial charge in [0.2, 0.25) is 5.91 Å². The summed E-state index contributed by atoms with van der Waals surface area (Å²) in [6.07, 6.45) is 4.06. The van der Waals surface area contributed by atoms with E-state index in [1.165, 1.54) is 0 Å². The third kappa shape index (κ3) is 5.54. The van der Waals surface area contributed by atoms with E-state index in [2.05, 4.69) is 15.3 Å². The van der Waals surface area contributed by atoms with Crippen LogP contribution in [-0.4, -0.2) is 27.6 Å². The monoisotopic (exact) mass is 363 g/mol. The van der Waals surface area contributed by atoms with Crippen LogP contribution in [0.5, 0.6) is 11.5 Å². The van der Waals surface area contributed by atoms with E-state index < -0.39 is 0 Å². The largest absolute Gasteiger partial charge is 0.508 e. The van der Waals surface area contributed by atoms with Crippen LogP contribution >= 0.6 is 0 Å². The van der Waals surface area contributed by atoms with Crippen molar-refractivity contribution in [3.05, 3.63) is 66.5 Å². The van der Waals surface area contributed by atoms with E-state index in [-0.39, 0.29) is 11.7 Å². The van der Waals surface area contributed by atoms with Crippen LogP contribution < -0.4 is 10.1 Å². The molecule has 138 valence electrons. The first-order valence-electron chi connectivity index (χ1n) is 8.71. The zero-order valence-corrected chi connectivity index (χ0v) is 15.1. The summed E-state index contributed by atoms with van der Waals surface area (Å²) in [6.45, 7) is 2.48. The first-order chi connectivity index (χ1) is 13.1. The molecule has 0 aliphatic rings. The number of carbonyl (C=O) groups is 1. The maximum atomic E-state index is 12.0. The van der Waals surface area contributed by atoms with E-state index in [0.717, 1.165) is 11.3 Å². The number of benzene rings is 2. The third-order valence-electron chi connectivity index (χ3n) is 3.85. The molecule has 0 aliphatic heterocycles. The van der Waals surface area contributed by atoms with Gasteiger partial charge in [-0.05, 0) is 43.2 Å². The average molecular weight is 363 g/mol. The molecule has 3 rings (SSSR count). The molecule has 0 unspecified atom stereocenters. The Morgan fingerprint density at radius 1 is 1.11 bits per heavy atom. The molecule has 1 aromatic heterocycles. The van der Waals surface area contributed by atoms with Crippen molar-refractivity contribution >= 4 is 11.6 Å². The van der Waals surface area contributed by atoms with Crippen molar-refractivity contribution in [3.63, 3.8) is 0 Å². The second kappa shape index (κ2) is 8.80. The molecular formula is C21H21N3O3. The highest BCUT2D eigenvalue weighted by molar-refractivity contribution is 5.90. The summed E-state index contributed by atoms with van der Waals surface area (Å²) in [6, 6.07) is 14.5. The smallest absolute Gasteiger partial charge is 0.224 e. The van der Waals surface area contributed by atoms with Crippen molar-refractivity contribution in [2.75, 3.05) is 11.9 Å². The number of aryl methyl sites for hydroxylation is 1. The van der Waals surface area contributed by atoms with Crippen molar-refractivity contribution in [3.8, 4) is 22.9 Å². The van der Waals surface area contributed by atoms with E-state index in [0.29, 0.717) is 36.5 Å². The summed E-state index contributed by atoms with van der Waals surface area (Å²) in [5.41, 5.74) is 2.38. The number of aromatic hydroxyl groups is 1. The minimum absolute atomic E-state index is 0.114. The lowest BCUT2D eigenvalue weighted by molar-refractivity contribution is -0.116. The van der Waals surface area contributed by atoms with Gasteiger partial charge in [0.05, 0.1) is 24.7 Å². The van der Waals surface area contributed by atoms with Crippen molar-refractivity contribution in [2.45, 2.75) is 19.8 Å². The number of carbonyl (C=O) groups excluding carboxylic acids is 1. The molecule has 0 spiro atoms. The minimum atomic E-state index is -0.114. The number of nitrogens with zero attached hydrogens (tertiary/aromatic N) is 2. The van der Waals surface area contributed by atoms with Crippen LogP contribution in [0.15, 0.2) is 60.9 Å². The van der Waals surface area contributed by atoms with Gasteiger partial charge in [0, 0.05) is 12.0 Å². The maximum Gasteiger partial charge on any atom is 0.224 e. The Bertz CT molecular complexity index is 911. The third-order valence-corrected chi connectivity index (χ3v) is 3.85. The van der Waals surface area contributed by atoms with Crippen LogP contribution in [-0.2, 0) is 4.79 Å². The number of phenols is 1. The summed E-state index contributed by atoms with van der Waals surface area (Å²) in [7, 11) is 0. The predicted molar refractivity (Wildman–Crippen MR) is 104 cm³/mol. The Kier molecular flexibility index (Phi) is 5.99.